The maximum atomic E-state index is 11.0. The van der Waals surface area contributed by atoms with Gasteiger partial charge in [-0.15, -0.1) is 5.11 Å². The number of azo groups is 1. The molecule has 0 aliphatic carbocycles. The third-order valence-electron chi connectivity index (χ3n) is 3.29. The summed E-state index contributed by atoms with van der Waals surface area (Å²) in [7, 11) is -4.22. The van der Waals surface area contributed by atoms with Gasteiger partial charge in [-0.3, -0.25) is 4.55 Å². The highest BCUT2D eigenvalue weighted by Crippen LogP contribution is 2.33. The van der Waals surface area contributed by atoms with Crippen LogP contribution in [0.15, 0.2) is 75.8 Å². The van der Waals surface area contributed by atoms with E-state index in [0.29, 0.717) is 16.8 Å². The first kappa shape index (κ1) is 15.1. The van der Waals surface area contributed by atoms with Crippen molar-refractivity contribution in [2.75, 3.05) is 0 Å². The van der Waals surface area contributed by atoms with E-state index >= 15 is 0 Å². The minimum Gasteiger partial charge on any atom is -0.507 e. The largest absolute Gasteiger partial charge is 0.507 e. The Labute approximate surface area is 132 Å². The summed E-state index contributed by atoms with van der Waals surface area (Å²) in [5.74, 6) is 0.164. The van der Waals surface area contributed by atoms with Gasteiger partial charge in [0.2, 0.25) is 0 Å². The summed E-state index contributed by atoms with van der Waals surface area (Å²) in [6.07, 6.45) is 0. The predicted octanol–water partition coefficient (Wildman–Crippen LogP) is 4.21. The van der Waals surface area contributed by atoms with Crippen molar-refractivity contribution in [2.24, 2.45) is 10.2 Å². The second-order valence-electron chi connectivity index (χ2n) is 4.82. The summed E-state index contributed by atoms with van der Waals surface area (Å²) in [6, 6.07) is 15.8. The van der Waals surface area contributed by atoms with Gasteiger partial charge >= 0.3 is 0 Å². The van der Waals surface area contributed by atoms with Crippen molar-refractivity contribution in [3.63, 3.8) is 0 Å². The predicted molar refractivity (Wildman–Crippen MR) is 86.0 cm³/mol. The van der Waals surface area contributed by atoms with Crippen molar-refractivity contribution in [1.29, 1.82) is 0 Å². The smallest absolute Gasteiger partial charge is 0.294 e. The van der Waals surface area contributed by atoms with Crippen LogP contribution in [0.4, 0.5) is 11.4 Å². The lowest BCUT2D eigenvalue weighted by Crippen LogP contribution is -1.96. The summed E-state index contributed by atoms with van der Waals surface area (Å²) in [6.45, 7) is 0. The zero-order valence-electron chi connectivity index (χ0n) is 11.8. The number of nitrogens with zero attached hydrogens (tertiary/aromatic N) is 2. The molecule has 0 radical (unpaired) electrons. The van der Waals surface area contributed by atoms with Gasteiger partial charge in [-0.1, -0.05) is 24.3 Å². The highest BCUT2D eigenvalue weighted by molar-refractivity contribution is 7.85. The molecule has 0 aromatic heterocycles. The Kier molecular flexibility index (Phi) is 3.81. The van der Waals surface area contributed by atoms with Gasteiger partial charge in [0, 0.05) is 10.8 Å². The molecule has 0 aliphatic rings. The fraction of sp³-hybridized carbons (Fsp3) is 0. The van der Waals surface area contributed by atoms with Crippen molar-refractivity contribution >= 4 is 32.3 Å². The summed E-state index contributed by atoms with van der Waals surface area (Å²) >= 11 is 0. The molecule has 0 fully saturated rings. The van der Waals surface area contributed by atoms with Gasteiger partial charge in [0.1, 0.15) is 5.75 Å². The molecule has 0 saturated carbocycles. The Hall–Kier alpha value is -2.77. The standard InChI is InChI=1S/C16H12N2O4S/c19-16-10-9-15(13-3-1-2-4-14(13)16)18-17-11-5-7-12(8-6-11)23(20,21)22/h1-10,19H,(H,20,21,22)/b18-17+. The SMILES string of the molecule is O=S(=O)(O)c1ccc(/N=N/c2ccc(O)c3ccccc23)cc1. The van der Waals surface area contributed by atoms with Crippen LogP contribution in [-0.4, -0.2) is 18.1 Å². The van der Waals surface area contributed by atoms with Gasteiger partial charge in [0.15, 0.2) is 0 Å². The first-order valence-electron chi connectivity index (χ1n) is 6.65. The average Bonchev–Trinajstić information content (AvgIpc) is 2.54. The molecule has 0 saturated heterocycles. The molecule has 3 rings (SSSR count). The maximum Gasteiger partial charge on any atom is 0.294 e. The van der Waals surface area contributed by atoms with Crippen LogP contribution in [0.25, 0.3) is 10.8 Å². The molecule has 116 valence electrons. The molecule has 0 aliphatic heterocycles. The van der Waals surface area contributed by atoms with Crippen LogP contribution in [-0.2, 0) is 10.1 Å². The zero-order chi connectivity index (χ0) is 16.4. The van der Waals surface area contributed by atoms with E-state index in [2.05, 4.69) is 10.2 Å². The number of fused-ring (bicyclic) bond motifs is 1. The Bertz CT molecular complexity index is 996. The molecule has 0 bridgehead atoms. The Morgan fingerprint density at radius 1 is 0.783 bits per heavy atom. The van der Waals surface area contributed by atoms with Crippen LogP contribution in [0.1, 0.15) is 0 Å². The van der Waals surface area contributed by atoms with Crippen molar-refractivity contribution in [1.82, 2.24) is 0 Å². The van der Waals surface area contributed by atoms with Crippen LogP contribution in [0.3, 0.4) is 0 Å². The average molecular weight is 328 g/mol. The van der Waals surface area contributed by atoms with Crippen molar-refractivity contribution in [3.05, 3.63) is 60.7 Å². The molecule has 0 unspecified atom stereocenters. The highest BCUT2D eigenvalue weighted by Gasteiger charge is 2.08. The van der Waals surface area contributed by atoms with Crippen LogP contribution < -0.4 is 0 Å². The number of hydrogen-bond acceptors (Lipinski definition) is 5. The van der Waals surface area contributed by atoms with Gasteiger partial charge in [0.25, 0.3) is 10.1 Å². The van der Waals surface area contributed by atoms with Gasteiger partial charge in [0.05, 0.1) is 16.3 Å². The van der Waals surface area contributed by atoms with E-state index in [4.69, 9.17) is 4.55 Å². The molecular weight excluding hydrogens is 316 g/mol. The van der Waals surface area contributed by atoms with Crippen molar-refractivity contribution < 1.29 is 18.1 Å². The Morgan fingerprint density at radius 3 is 2.09 bits per heavy atom. The molecule has 0 atom stereocenters. The molecule has 7 heteroatoms. The monoisotopic (exact) mass is 328 g/mol. The third-order valence-corrected chi connectivity index (χ3v) is 4.15. The highest BCUT2D eigenvalue weighted by atomic mass is 32.2. The van der Waals surface area contributed by atoms with Crippen LogP contribution in [0, 0.1) is 0 Å². The summed E-state index contributed by atoms with van der Waals surface area (Å²) in [5.41, 5.74) is 1.02. The first-order chi connectivity index (χ1) is 10.9. The lowest BCUT2D eigenvalue weighted by molar-refractivity contribution is 0.481. The van der Waals surface area contributed by atoms with Crippen LogP contribution >= 0.6 is 0 Å². The minimum atomic E-state index is -4.22. The number of aromatic hydroxyl groups is 1. The summed E-state index contributed by atoms with van der Waals surface area (Å²) < 4.78 is 30.9. The van der Waals surface area contributed by atoms with E-state index in [9.17, 15) is 13.5 Å². The van der Waals surface area contributed by atoms with Crippen LogP contribution in [0.2, 0.25) is 0 Å². The van der Waals surface area contributed by atoms with Crippen LogP contribution in [0.5, 0.6) is 5.75 Å². The number of phenolic OH excluding ortho intramolecular Hbond substituents is 1. The van der Waals surface area contributed by atoms with Gasteiger partial charge < -0.3 is 5.11 Å². The number of hydrogen-bond donors (Lipinski definition) is 2. The number of benzene rings is 3. The van der Waals surface area contributed by atoms with E-state index < -0.39 is 10.1 Å². The molecule has 0 heterocycles. The molecule has 0 spiro atoms. The molecule has 2 N–H and O–H groups in total. The van der Waals surface area contributed by atoms with E-state index in [-0.39, 0.29) is 10.6 Å². The molecular formula is C16H12N2O4S. The molecule has 0 amide bonds. The number of phenols is 1. The molecule has 6 nitrogen and oxygen atoms in total. The summed E-state index contributed by atoms with van der Waals surface area (Å²) in [5, 5.41) is 19.4. The maximum absolute atomic E-state index is 11.0. The second-order valence-corrected chi connectivity index (χ2v) is 6.24. The fourth-order valence-corrected chi connectivity index (χ4v) is 2.63. The molecule has 3 aromatic carbocycles. The lowest BCUT2D eigenvalue weighted by atomic mass is 10.1. The normalized spacial score (nSPS) is 12.0. The second kappa shape index (κ2) is 5.79. The fourth-order valence-electron chi connectivity index (χ4n) is 2.15. The third kappa shape index (κ3) is 3.20. The lowest BCUT2D eigenvalue weighted by Gasteiger charge is -2.03. The van der Waals surface area contributed by atoms with E-state index in [0.717, 1.165) is 5.39 Å². The van der Waals surface area contributed by atoms with Gasteiger partial charge in [-0.25, -0.2) is 0 Å². The minimum absolute atomic E-state index is 0.164. The first-order valence-corrected chi connectivity index (χ1v) is 8.09. The van der Waals surface area contributed by atoms with Crippen molar-refractivity contribution in [2.45, 2.75) is 4.90 Å². The Balaban J connectivity index is 1.96. The number of rotatable bonds is 3. The van der Waals surface area contributed by atoms with Crippen molar-refractivity contribution in [3.8, 4) is 5.75 Å². The van der Waals surface area contributed by atoms with Gasteiger partial charge in [-0.05, 0) is 36.4 Å². The Morgan fingerprint density at radius 2 is 1.43 bits per heavy atom. The van der Waals surface area contributed by atoms with E-state index in [1.54, 1.807) is 12.1 Å². The molecule has 3 aromatic rings. The molecule has 23 heavy (non-hydrogen) atoms. The quantitative estimate of drug-likeness (QED) is 0.555. The summed E-state index contributed by atoms with van der Waals surface area (Å²) in [4.78, 5) is -0.202. The zero-order valence-corrected chi connectivity index (χ0v) is 12.6. The van der Waals surface area contributed by atoms with Gasteiger partial charge in [-0.2, -0.15) is 13.5 Å². The van der Waals surface area contributed by atoms with E-state index in [1.807, 2.05) is 18.2 Å². The van der Waals surface area contributed by atoms with E-state index in [1.165, 1.54) is 30.3 Å². The topological polar surface area (TPSA) is 99.3 Å².